The molecule has 2 N–H and O–H groups in total. The van der Waals surface area contributed by atoms with Gasteiger partial charge in [0.15, 0.2) is 0 Å². The van der Waals surface area contributed by atoms with E-state index in [0.29, 0.717) is 6.42 Å². The van der Waals surface area contributed by atoms with Crippen molar-refractivity contribution in [3.63, 3.8) is 0 Å². The Balaban J connectivity index is 2.97. The van der Waals surface area contributed by atoms with Crippen LogP contribution >= 0.6 is 0 Å². The average molecular weight is 320 g/mol. The Morgan fingerprint density at radius 2 is 1.78 bits per heavy atom. The van der Waals surface area contributed by atoms with Crippen LogP contribution in [0.4, 0.5) is 0 Å². The summed E-state index contributed by atoms with van der Waals surface area (Å²) < 4.78 is 0. The van der Waals surface area contributed by atoms with E-state index in [2.05, 4.69) is 0 Å². The van der Waals surface area contributed by atoms with E-state index in [1.165, 1.54) is 0 Å². The molecule has 0 saturated carbocycles. The van der Waals surface area contributed by atoms with E-state index in [-0.39, 0.29) is 18.4 Å². The molecule has 0 saturated heterocycles. The Morgan fingerprint density at radius 3 is 2.26 bits per heavy atom. The summed E-state index contributed by atoms with van der Waals surface area (Å²) in [4.78, 5) is 30.2. The molecule has 5 nitrogen and oxygen atoms in total. The molecule has 128 valence electrons. The van der Waals surface area contributed by atoms with Crippen LogP contribution in [0.5, 0.6) is 0 Å². The van der Waals surface area contributed by atoms with Crippen LogP contribution < -0.4 is 5.73 Å². The van der Waals surface area contributed by atoms with Gasteiger partial charge in [0.2, 0.25) is 0 Å². The molecule has 0 aliphatic heterocycles. The maximum absolute atomic E-state index is 12.7. The van der Waals surface area contributed by atoms with Gasteiger partial charge in [0.25, 0.3) is 5.91 Å². The van der Waals surface area contributed by atoms with Crippen LogP contribution in [0.3, 0.4) is 0 Å². The highest BCUT2D eigenvalue weighted by atomic mass is 16.7. The Kier molecular flexibility index (Phi) is 6.76. The quantitative estimate of drug-likeness (QED) is 0.818. The van der Waals surface area contributed by atoms with Gasteiger partial charge < -0.3 is 10.6 Å². The lowest BCUT2D eigenvalue weighted by molar-refractivity contribution is -0.208. The Bertz CT molecular complexity index is 526. The van der Waals surface area contributed by atoms with E-state index in [9.17, 15) is 9.59 Å². The van der Waals surface area contributed by atoms with Crippen LogP contribution in [0.2, 0.25) is 0 Å². The molecule has 0 heterocycles. The average Bonchev–Trinajstić information content (AvgIpc) is 2.53. The lowest BCUT2D eigenvalue weighted by Crippen LogP contribution is -2.46. The fourth-order valence-electron chi connectivity index (χ4n) is 1.83. The van der Waals surface area contributed by atoms with Crippen molar-refractivity contribution in [3.05, 3.63) is 35.9 Å². The minimum absolute atomic E-state index is 0.0598. The van der Waals surface area contributed by atoms with Gasteiger partial charge in [-0.2, -0.15) is 5.06 Å². The second-order valence-corrected chi connectivity index (χ2v) is 6.74. The second kappa shape index (κ2) is 8.11. The van der Waals surface area contributed by atoms with Crippen molar-refractivity contribution in [2.75, 3.05) is 0 Å². The number of amides is 1. The summed E-state index contributed by atoms with van der Waals surface area (Å²) >= 11 is 0. The van der Waals surface area contributed by atoms with Gasteiger partial charge in [-0.3, -0.25) is 4.79 Å². The molecular weight excluding hydrogens is 292 g/mol. The number of hydrogen-bond donors (Lipinski definition) is 1. The van der Waals surface area contributed by atoms with Crippen LogP contribution in [0.1, 0.15) is 46.6 Å². The molecule has 23 heavy (non-hydrogen) atoms. The fraction of sp³-hybridized carbons (Fsp3) is 0.556. The van der Waals surface area contributed by atoms with Gasteiger partial charge >= 0.3 is 5.97 Å². The monoisotopic (exact) mass is 320 g/mol. The summed E-state index contributed by atoms with van der Waals surface area (Å²) in [5.74, 6) is -0.875. The Hall–Kier alpha value is -1.88. The molecule has 0 fully saturated rings. The number of hydroxylamine groups is 2. The third kappa shape index (κ3) is 5.36. The van der Waals surface area contributed by atoms with E-state index < -0.39 is 17.4 Å². The van der Waals surface area contributed by atoms with E-state index >= 15 is 0 Å². The van der Waals surface area contributed by atoms with E-state index in [0.717, 1.165) is 10.6 Å². The molecule has 0 aromatic heterocycles. The molecule has 1 atom stereocenters. The van der Waals surface area contributed by atoms with Gasteiger partial charge in [0.05, 0.1) is 6.54 Å². The van der Waals surface area contributed by atoms with Crippen LogP contribution in [0.25, 0.3) is 0 Å². The number of nitrogens with zero attached hydrogens (tertiary/aromatic N) is 1. The summed E-state index contributed by atoms with van der Waals surface area (Å²) in [5, 5.41) is 1.14. The summed E-state index contributed by atoms with van der Waals surface area (Å²) in [5.41, 5.74) is 6.10. The van der Waals surface area contributed by atoms with Crippen molar-refractivity contribution in [2.24, 2.45) is 17.1 Å². The number of hydrogen-bond acceptors (Lipinski definition) is 4. The molecule has 0 bridgehead atoms. The summed E-state index contributed by atoms with van der Waals surface area (Å²) in [6.45, 7) is 9.49. The lowest BCUT2D eigenvalue weighted by Gasteiger charge is -2.30. The summed E-state index contributed by atoms with van der Waals surface area (Å²) in [7, 11) is 0. The third-order valence-electron chi connectivity index (χ3n) is 4.05. The van der Waals surface area contributed by atoms with Crippen molar-refractivity contribution in [1.82, 2.24) is 5.06 Å². The van der Waals surface area contributed by atoms with Crippen LogP contribution in [0.15, 0.2) is 30.3 Å². The molecule has 5 heteroatoms. The highest BCUT2D eigenvalue weighted by Gasteiger charge is 2.34. The van der Waals surface area contributed by atoms with E-state index in [1.807, 2.05) is 65.0 Å². The largest absolute Gasteiger partial charge is 0.349 e. The zero-order valence-corrected chi connectivity index (χ0v) is 14.7. The predicted molar refractivity (Wildman–Crippen MR) is 90.0 cm³/mol. The van der Waals surface area contributed by atoms with Crippen molar-refractivity contribution < 1.29 is 14.4 Å². The molecule has 1 amide bonds. The molecule has 0 unspecified atom stereocenters. The molecule has 1 rings (SSSR count). The molecule has 1 aromatic carbocycles. The predicted octanol–water partition coefficient (Wildman–Crippen LogP) is 2.89. The molecule has 0 spiro atoms. The smallest absolute Gasteiger partial charge is 0.336 e. The van der Waals surface area contributed by atoms with Crippen molar-refractivity contribution in [1.29, 1.82) is 0 Å². The SMILES string of the molecule is CCC(C)(C)C(=O)N(Cc1ccccc1)OC(=O)[C@@H](N)C(C)C. The summed E-state index contributed by atoms with van der Waals surface area (Å²) in [6, 6.07) is 8.66. The van der Waals surface area contributed by atoms with Crippen molar-refractivity contribution in [3.8, 4) is 0 Å². The minimum Gasteiger partial charge on any atom is -0.336 e. The van der Waals surface area contributed by atoms with Crippen LogP contribution in [0, 0.1) is 11.3 Å². The van der Waals surface area contributed by atoms with Gasteiger partial charge in [-0.25, -0.2) is 4.79 Å². The first-order valence-electron chi connectivity index (χ1n) is 8.02. The highest BCUT2D eigenvalue weighted by Crippen LogP contribution is 2.24. The normalized spacial score (nSPS) is 12.8. The Morgan fingerprint density at radius 1 is 1.22 bits per heavy atom. The fourth-order valence-corrected chi connectivity index (χ4v) is 1.83. The molecular formula is C18H28N2O3. The van der Waals surface area contributed by atoms with E-state index in [4.69, 9.17) is 10.6 Å². The lowest BCUT2D eigenvalue weighted by atomic mass is 9.89. The number of nitrogens with two attached hydrogens (primary N) is 1. The first kappa shape index (κ1) is 19.2. The molecule has 0 aliphatic rings. The van der Waals surface area contributed by atoms with Gasteiger partial charge in [-0.1, -0.05) is 65.0 Å². The number of benzene rings is 1. The maximum atomic E-state index is 12.7. The number of carbonyl (C=O) groups is 2. The third-order valence-corrected chi connectivity index (χ3v) is 4.05. The number of rotatable bonds is 6. The zero-order valence-electron chi connectivity index (χ0n) is 14.7. The maximum Gasteiger partial charge on any atom is 0.349 e. The van der Waals surface area contributed by atoms with Crippen molar-refractivity contribution >= 4 is 11.9 Å². The van der Waals surface area contributed by atoms with Crippen LogP contribution in [-0.2, 0) is 21.0 Å². The second-order valence-electron chi connectivity index (χ2n) is 6.74. The van der Waals surface area contributed by atoms with Gasteiger partial charge in [0, 0.05) is 5.41 Å². The molecule has 0 radical (unpaired) electrons. The van der Waals surface area contributed by atoms with Crippen molar-refractivity contribution in [2.45, 2.75) is 53.6 Å². The van der Waals surface area contributed by atoms with Gasteiger partial charge in [0.1, 0.15) is 6.04 Å². The molecule has 0 aliphatic carbocycles. The zero-order chi connectivity index (χ0) is 17.6. The number of carbonyl (C=O) groups excluding carboxylic acids is 2. The standard InChI is InChI=1S/C18H28N2O3/c1-6-18(4,5)17(22)20(12-14-10-8-7-9-11-14)23-16(21)15(19)13(2)3/h7-11,13,15H,6,12,19H2,1-5H3/t15-/m0/s1. The summed E-state index contributed by atoms with van der Waals surface area (Å²) in [6.07, 6.45) is 0.644. The highest BCUT2D eigenvalue weighted by molar-refractivity contribution is 5.83. The first-order chi connectivity index (χ1) is 10.7. The van der Waals surface area contributed by atoms with Crippen LogP contribution in [-0.4, -0.2) is 23.0 Å². The topological polar surface area (TPSA) is 72.6 Å². The minimum atomic E-state index is -0.759. The van der Waals surface area contributed by atoms with Gasteiger partial charge in [-0.05, 0) is 17.9 Å². The van der Waals surface area contributed by atoms with Gasteiger partial charge in [-0.15, -0.1) is 0 Å². The Labute approximate surface area is 138 Å². The van der Waals surface area contributed by atoms with E-state index in [1.54, 1.807) is 0 Å². The first-order valence-corrected chi connectivity index (χ1v) is 8.02. The molecule has 1 aromatic rings.